The van der Waals surface area contributed by atoms with Gasteiger partial charge < -0.3 is 5.32 Å². The smallest absolute Gasteiger partial charge is 0.0729 e. The molecule has 3 heteroatoms. The largest absolute Gasteiger partial charge is 0.378 e. The summed E-state index contributed by atoms with van der Waals surface area (Å²) in [6.45, 7) is 3.88. The third kappa shape index (κ3) is 2.55. The monoisotopic (exact) mass is 241 g/mol. The summed E-state index contributed by atoms with van der Waals surface area (Å²) in [5.74, 6) is 0.827. The summed E-state index contributed by atoms with van der Waals surface area (Å²) < 4.78 is 1.93. The lowest BCUT2D eigenvalue weighted by atomic mass is 10.1. The van der Waals surface area contributed by atoms with E-state index in [2.05, 4.69) is 41.6 Å². The lowest BCUT2D eigenvalue weighted by molar-refractivity contribution is 0.660. The third-order valence-electron chi connectivity index (χ3n) is 3.45. The lowest BCUT2D eigenvalue weighted by Gasteiger charge is -2.06. The SMILES string of the molecule is CCn1cc(NCc2cccc(C3CC3)c2)cn1. The highest BCUT2D eigenvalue weighted by atomic mass is 15.3. The summed E-state index contributed by atoms with van der Waals surface area (Å²) in [7, 11) is 0. The van der Waals surface area contributed by atoms with Crippen LogP contribution in [0.1, 0.15) is 36.8 Å². The zero-order chi connectivity index (χ0) is 12.4. The highest BCUT2D eigenvalue weighted by Gasteiger charge is 2.23. The van der Waals surface area contributed by atoms with Crippen LogP contribution in [0.15, 0.2) is 36.7 Å². The number of nitrogens with zero attached hydrogens (tertiary/aromatic N) is 2. The van der Waals surface area contributed by atoms with Crippen LogP contribution < -0.4 is 5.32 Å². The van der Waals surface area contributed by atoms with E-state index in [9.17, 15) is 0 Å². The molecule has 0 aliphatic heterocycles. The van der Waals surface area contributed by atoms with E-state index in [0.717, 1.165) is 24.7 Å². The molecule has 1 heterocycles. The first-order chi connectivity index (χ1) is 8.85. The molecule has 18 heavy (non-hydrogen) atoms. The van der Waals surface area contributed by atoms with Crippen LogP contribution in [-0.4, -0.2) is 9.78 Å². The van der Waals surface area contributed by atoms with E-state index < -0.39 is 0 Å². The second kappa shape index (κ2) is 4.84. The van der Waals surface area contributed by atoms with E-state index in [1.54, 1.807) is 0 Å². The fourth-order valence-electron chi connectivity index (χ4n) is 2.21. The Morgan fingerprint density at radius 2 is 2.28 bits per heavy atom. The van der Waals surface area contributed by atoms with Crippen molar-refractivity contribution < 1.29 is 0 Å². The summed E-state index contributed by atoms with van der Waals surface area (Å²) in [5.41, 5.74) is 3.94. The summed E-state index contributed by atoms with van der Waals surface area (Å²) in [6.07, 6.45) is 6.65. The normalized spacial score (nSPS) is 14.7. The van der Waals surface area contributed by atoms with E-state index in [1.165, 1.54) is 24.0 Å². The standard InChI is InChI=1S/C15H19N3/c1-2-18-11-15(10-17-18)16-9-12-4-3-5-14(8-12)13-6-7-13/h3-5,8,10-11,13,16H,2,6-7,9H2,1H3. The van der Waals surface area contributed by atoms with Crippen LogP contribution >= 0.6 is 0 Å². The van der Waals surface area contributed by atoms with Gasteiger partial charge >= 0.3 is 0 Å². The second-order valence-corrected chi connectivity index (χ2v) is 4.96. The molecule has 0 radical (unpaired) electrons. The number of aromatic nitrogens is 2. The van der Waals surface area contributed by atoms with Gasteiger partial charge in [-0.3, -0.25) is 4.68 Å². The number of aryl methyl sites for hydroxylation is 1. The van der Waals surface area contributed by atoms with E-state index >= 15 is 0 Å². The van der Waals surface area contributed by atoms with E-state index in [-0.39, 0.29) is 0 Å². The molecule has 1 fully saturated rings. The first-order valence-electron chi connectivity index (χ1n) is 6.70. The predicted octanol–water partition coefficient (Wildman–Crippen LogP) is 3.39. The molecule has 0 saturated heterocycles. The van der Waals surface area contributed by atoms with Crippen molar-refractivity contribution in [1.29, 1.82) is 0 Å². The van der Waals surface area contributed by atoms with Gasteiger partial charge in [0.15, 0.2) is 0 Å². The van der Waals surface area contributed by atoms with Gasteiger partial charge in [0.2, 0.25) is 0 Å². The molecule has 1 N–H and O–H groups in total. The zero-order valence-electron chi connectivity index (χ0n) is 10.8. The highest BCUT2D eigenvalue weighted by molar-refractivity contribution is 5.40. The van der Waals surface area contributed by atoms with Crippen molar-refractivity contribution in [3.63, 3.8) is 0 Å². The molecule has 2 aromatic rings. The van der Waals surface area contributed by atoms with Gasteiger partial charge in [-0.2, -0.15) is 5.10 Å². The number of benzene rings is 1. The van der Waals surface area contributed by atoms with Crippen molar-refractivity contribution in [2.75, 3.05) is 5.32 Å². The van der Waals surface area contributed by atoms with Gasteiger partial charge in [-0.1, -0.05) is 24.3 Å². The molecule has 1 aliphatic rings. The molecule has 0 spiro atoms. The predicted molar refractivity (Wildman–Crippen MR) is 73.6 cm³/mol. The minimum absolute atomic E-state index is 0.827. The Balaban J connectivity index is 1.63. The van der Waals surface area contributed by atoms with Crippen LogP contribution in [0.3, 0.4) is 0 Å². The molecule has 0 atom stereocenters. The first kappa shape index (κ1) is 11.3. The average Bonchev–Trinajstić information content (AvgIpc) is 3.16. The Kier molecular flexibility index (Phi) is 3.05. The van der Waals surface area contributed by atoms with Crippen molar-refractivity contribution in [2.45, 2.75) is 38.8 Å². The van der Waals surface area contributed by atoms with E-state index in [0.29, 0.717) is 0 Å². The Bertz CT molecular complexity index is 526. The first-order valence-corrected chi connectivity index (χ1v) is 6.70. The second-order valence-electron chi connectivity index (χ2n) is 4.96. The van der Waals surface area contributed by atoms with Crippen LogP contribution in [0.2, 0.25) is 0 Å². The Morgan fingerprint density at radius 3 is 3.00 bits per heavy atom. The van der Waals surface area contributed by atoms with Crippen molar-refractivity contribution in [2.24, 2.45) is 0 Å². The summed E-state index contributed by atoms with van der Waals surface area (Å²) in [6, 6.07) is 8.93. The molecule has 0 bridgehead atoms. The molecule has 0 unspecified atom stereocenters. The van der Waals surface area contributed by atoms with Gasteiger partial charge in [0.1, 0.15) is 0 Å². The number of hydrogen-bond donors (Lipinski definition) is 1. The maximum atomic E-state index is 4.26. The van der Waals surface area contributed by atoms with Crippen molar-refractivity contribution in [3.05, 3.63) is 47.8 Å². The maximum absolute atomic E-state index is 4.26. The minimum atomic E-state index is 0.827. The Morgan fingerprint density at radius 1 is 1.39 bits per heavy atom. The van der Waals surface area contributed by atoms with Gasteiger partial charge in [0, 0.05) is 19.3 Å². The lowest BCUT2D eigenvalue weighted by Crippen LogP contribution is -1.99. The summed E-state index contributed by atoms with van der Waals surface area (Å²) >= 11 is 0. The van der Waals surface area contributed by atoms with Gasteiger partial charge in [0.05, 0.1) is 11.9 Å². The summed E-state index contributed by atoms with van der Waals surface area (Å²) in [5, 5.41) is 7.68. The quantitative estimate of drug-likeness (QED) is 0.869. The molecule has 3 rings (SSSR count). The Hall–Kier alpha value is -1.77. The number of nitrogens with one attached hydrogen (secondary N) is 1. The molecule has 0 amide bonds. The molecule has 94 valence electrons. The molecule has 1 aromatic heterocycles. The molecule has 1 aliphatic carbocycles. The van der Waals surface area contributed by atoms with E-state index in [1.807, 2.05) is 17.1 Å². The molecular weight excluding hydrogens is 222 g/mol. The van der Waals surface area contributed by atoms with Crippen molar-refractivity contribution >= 4 is 5.69 Å². The fourth-order valence-corrected chi connectivity index (χ4v) is 2.21. The number of rotatable bonds is 5. The van der Waals surface area contributed by atoms with Gasteiger partial charge in [-0.15, -0.1) is 0 Å². The van der Waals surface area contributed by atoms with Crippen LogP contribution in [0, 0.1) is 0 Å². The Labute approximate surface area is 108 Å². The van der Waals surface area contributed by atoms with Crippen molar-refractivity contribution in [1.82, 2.24) is 9.78 Å². The average molecular weight is 241 g/mol. The van der Waals surface area contributed by atoms with Crippen LogP contribution in [0.4, 0.5) is 5.69 Å². The number of hydrogen-bond acceptors (Lipinski definition) is 2. The van der Waals surface area contributed by atoms with Crippen LogP contribution in [-0.2, 0) is 13.1 Å². The molecule has 1 aromatic carbocycles. The van der Waals surface area contributed by atoms with Gasteiger partial charge in [-0.25, -0.2) is 0 Å². The topological polar surface area (TPSA) is 29.9 Å². The molecular formula is C15H19N3. The minimum Gasteiger partial charge on any atom is -0.378 e. The third-order valence-corrected chi connectivity index (χ3v) is 3.45. The highest BCUT2D eigenvalue weighted by Crippen LogP contribution is 2.40. The van der Waals surface area contributed by atoms with Gasteiger partial charge in [0.25, 0.3) is 0 Å². The van der Waals surface area contributed by atoms with E-state index in [4.69, 9.17) is 0 Å². The maximum Gasteiger partial charge on any atom is 0.0729 e. The van der Waals surface area contributed by atoms with Crippen LogP contribution in [0.5, 0.6) is 0 Å². The molecule has 1 saturated carbocycles. The fraction of sp³-hybridized carbons (Fsp3) is 0.400. The molecule has 3 nitrogen and oxygen atoms in total. The number of anilines is 1. The van der Waals surface area contributed by atoms with Gasteiger partial charge in [-0.05, 0) is 36.8 Å². The van der Waals surface area contributed by atoms with Crippen LogP contribution in [0.25, 0.3) is 0 Å². The van der Waals surface area contributed by atoms with Crippen molar-refractivity contribution in [3.8, 4) is 0 Å². The summed E-state index contributed by atoms with van der Waals surface area (Å²) in [4.78, 5) is 0. The zero-order valence-corrected chi connectivity index (χ0v) is 10.8.